The van der Waals surface area contributed by atoms with Gasteiger partial charge in [0.2, 0.25) is 0 Å². The maximum atomic E-state index is 8.97. The predicted octanol–water partition coefficient (Wildman–Crippen LogP) is 3.90. The lowest BCUT2D eigenvalue weighted by molar-refractivity contribution is 0.318. The fourth-order valence-corrected chi connectivity index (χ4v) is 2.50. The van der Waals surface area contributed by atoms with Crippen LogP contribution in [0.5, 0.6) is 0 Å². The first kappa shape index (κ1) is 15.2. The number of oxime groups is 1. The Hall–Kier alpha value is -2.20. The molecule has 0 aliphatic carbocycles. The van der Waals surface area contributed by atoms with E-state index in [2.05, 4.69) is 10.1 Å². The Labute approximate surface area is 129 Å². The van der Waals surface area contributed by atoms with Crippen molar-refractivity contribution in [1.29, 1.82) is 0 Å². The molecule has 0 spiro atoms. The summed E-state index contributed by atoms with van der Waals surface area (Å²) in [7, 11) is 0. The van der Waals surface area contributed by atoms with Crippen molar-refractivity contribution in [2.75, 3.05) is 11.4 Å². The van der Waals surface area contributed by atoms with Gasteiger partial charge in [0, 0.05) is 22.8 Å². The number of aryl methyl sites for hydroxylation is 1. The van der Waals surface area contributed by atoms with Gasteiger partial charge in [-0.3, -0.25) is 0 Å². The third kappa shape index (κ3) is 3.11. The van der Waals surface area contributed by atoms with Crippen LogP contribution >= 0.6 is 11.6 Å². The van der Waals surface area contributed by atoms with Crippen molar-refractivity contribution in [3.05, 3.63) is 58.6 Å². The number of amidine groups is 1. The highest BCUT2D eigenvalue weighted by Crippen LogP contribution is 2.32. The highest BCUT2D eigenvalue weighted by Gasteiger charge is 2.16. The van der Waals surface area contributed by atoms with Crippen LogP contribution < -0.4 is 10.6 Å². The lowest BCUT2D eigenvalue weighted by Crippen LogP contribution is -2.23. The summed E-state index contributed by atoms with van der Waals surface area (Å²) in [5, 5.41) is 12.7. The first-order valence-corrected chi connectivity index (χ1v) is 7.07. The summed E-state index contributed by atoms with van der Waals surface area (Å²) in [6.45, 7) is 4.83. The minimum atomic E-state index is 0.0636. The molecule has 5 heteroatoms. The quantitative estimate of drug-likeness (QED) is 0.390. The number of nitrogens with zero attached hydrogens (tertiary/aromatic N) is 2. The molecule has 0 fully saturated rings. The summed E-state index contributed by atoms with van der Waals surface area (Å²) in [5.74, 6) is 0.0636. The number of hydrogen-bond acceptors (Lipinski definition) is 3. The standard InChI is InChI=1S/C16H18ClN3O/c1-3-20(14-7-5-4-6-11(14)2)15-10-12(17)8-9-13(15)16(18)19-21/h4-10,21H,3H2,1-2H3,(H2,18,19). The molecule has 2 aromatic rings. The Kier molecular flexibility index (Phi) is 4.70. The van der Waals surface area contributed by atoms with Gasteiger partial charge in [-0.1, -0.05) is 35.0 Å². The van der Waals surface area contributed by atoms with E-state index >= 15 is 0 Å². The largest absolute Gasteiger partial charge is 0.409 e. The van der Waals surface area contributed by atoms with Gasteiger partial charge < -0.3 is 15.8 Å². The molecule has 0 bridgehead atoms. The van der Waals surface area contributed by atoms with E-state index in [4.69, 9.17) is 22.5 Å². The molecule has 0 aliphatic heterocycles. The number of anilines is 2. The molecule has 110 valence electrons. The first-order valence-electron chi connectivity index (χ1n) is 6.69. The average molecular weight is 304 g/mol. The molecule has 4 nitrogen and oxygen atoms in total. The molecule has 2 rings (SSSR count). The van der Waals surface area contributed by atoms with Gasteiger partial charge in [0.15, 0.2) is 5.84 Å². The van der Waals surface area contributed by atoms with Crippen LogP contribution in [0.15, 0.2) is 47.6 Å². The summed E-state index contributed by atoms with van der Waals surface area (Å²) < 4.78 is 0. The van der Waals surface area contributed by atoms with Crippen molar-refractivity contribution in [3.63, 3.8) is 0 Å². The van der Waals surface area contributed by atoms with Crippen LogP contribution in [0.1, 0.15) is 18.1 Å². The van der Waals surface area contributed by atoms with Gasteiger partial charge in [-0.2, -0.15) is 0 Å². The van der Waals surface area contributed by atoms with E-state index in [9.17, 15) is 0 Å². The van der Waals surface area contributed by atoms with Crippen molar-refractivity contribution in [2.45, 2.75) is 13.8 Å². The number of para-hydroxylation sites is 1. The normalized spacial score (nSPS) is 11.5. The SMILES string of the molecule is CCN(c1ccccc1C)c1cc(Cl)ccc1C(N)=NO. The van der Waals surface area contributed by atoms with Gasteiger partial charge in [-0.05, 0) is 43.7 Å². The Balaban J connectivity index is 2.62. The Morgan fingerprint density at radius 3 is 2.57 bits per heavy atom. The van der Waals surface area contributed by atoms with Gasteiger partial charge in [0.25, 0.3) is 0 Å². The van der Waals surface area contributed by atoms with Gasteiger partial charge in [-0.25, -0.2) is 0 Å². The van der Waals surface area contributed by atoms with Crippen LogP contribution in [0, 0.1) is 6.92 Å². The van der Waals surface area contributed by atoms with Crippen LogP contribution in [0.3, 0.4) is 0 Å². The van der Waals surface area contributed by atoms with Crippen molar-refractivity contribution in [3.8, 4) is 0 Å². The van der Waals surface area contributed by atoms with Crippen molar-refractivity contribution in [2.24, 2.45) is 10.9 Å². The smallest absolute Gasteiger partial charge is 0.172 e. The molecule has 0 amide bonds. The lowest BCUT2D eigenvalue weighted by Gasteiger charge is -2.27. The number of hydrogen-bond donors (Lipinski definition) is 2. The summed E-state index contributed by atoms with van der Waals surface area (Å²) in [6.07, 6.45) is 0. The van der Waals surface area contributed by atoms with E-state index in [1.807, 2.05) is 44.2 Å². The Bertz CT molecular complexity index is 670. The number of halogens is 1. The zero-order valence-corrected chi connectivity index (χ0v) is 12.8. The van der Waals surface area contributed by atoms with E-state index in [0.29, 0.717) is 10.6 Å². The molecule has 2 aromatic carbocycles. The molecule has 0 aromatic heterocycles. The molecular formula is C16H18ClN3O. The molecule has 0 saturated heterocycles. The van der Waals surface area contributed by atoms with Crippen LogP contribution in [0.4, 0.5) is 11.4 Å². The van der Waals surface area contributed by atoms with Crippen LogP contribution in [-0.2, 0) is 0 Å². The summed E-state index contributed by atoms with van der Waals surface area (Å²) >= 11 is 6.12. The molecule has 0 aliphatic rings. The van der Waals surface area contributed by atoms with Crippen LogP contribution in [0.25, 0.3) is 0 Å². The molecular weight excluding hydrogens is 286 g/mol. The molecule has 0 atom stereocenters. The number of nitrogens with two attached hydrogens (primary N) is 1. The van der Waals surface area contributed by atoms with Gasteiger partial charge in [0.1, 0.15) is 0 Å². The minimum absolute atomic E-state index is 0.0636. The molecule has 21 heavy (non-hydrogen) atoms. The number of benzene rings is 2. The molecule has 0 heterocycles. The highest BCUT2D eigenvalue weighted by atomic mass is 35.5. The zero-order chi connectivity index (χ0) is 15.4. The molecule has 0 unspecified atom stereocenters. The Morgan fingerprint density at radius 2 is 1.95 bits per heavy atom. The van der Waals surface area contributed by atoms with Crippen molar-refractivity contribution >= 4 is 28.8 Å². The van der Waals surface area contributed by atoms with E-state index in [-0.39, 0.29) is 5.84 Å². The monoisotopic (exact) mass is 303 g/mol. The maximum Gasteiger partial charge on any atom is 0.172 e. The molecule has 3 N–H and O–H groups in total. The third-order valence-corrected chi connectivity index (χ3v) is 3.59. The highest BCUT2D eigenvalue weighted by molar-refractivity contribution is 6.31. The van der Waals surface area contributed by atoms with Crippen molar-refractivity contribution < 1.29 is 5.21 Å². The topological polar surface area (TPSA) is 61.8 Å². The van der Waals surface area contributed by atoms with Crippen LogP contribution in [0.2, 0.25) is 5.02 Å². The Morgan fingerprint density at radius 1 is 1.24 bits per heavy atom. The van der Waals surface area contributed by atoms with Gasteiger partial charge in [-0.15, -0.1) is 0 Å². The fourth-order valence-electron chi connectivity index (χ4n) is 2.34. The fraction of sp³-hybridized carbons (Fsp3) is 0.188. The minimum Gasteiger partial charge on any atom is -0.409 e. The second-order valence-electron chi connectivity index (χ2n) is 4.68. The van der Waals surface area contributed by atoms with E-state index < -0.39 is 0 Å². The van der Waals surface area contributed by atoms with Crippen LogP contribution in [-0.4, -0.2) is 17.6 Å². The summed E-state index contributed by atoms with van der Waals surface area (Å²) in [5.41, 5.74) is 9.45. The predicted molar refractivity (Wildman–Crippen MR) is 87.8 cm³/mol. The van der Waals surface area contributed by atoms with Crippen molar-refractivity contribution in [1.82, 2.24) is 0 Å². The van der Waals surface area contributed by atoms with Gasteiger partial charge in [0.05, 0.1) is 5.69 Å². The van der Waals surface area contributed by atoms with E-state index in [1.165, 1.54) is 0 Å². The second kappa shape index (κ2) is 6.50. The van der Waals surface area contributed by atoms with Gasteiger partial charge >= 0.3 is 0 Å². The first-order chi connectivity index (χ1) is 10.1. The van der Waals surface area contributed by atoms with E-state index in [0.717, 1.165) is 23.5 Å². The zero-order valence-electron chi connectivity index (χ0n) is 12.0. The molecule has 0 saturated carbocycles. The van der Waals surface area contributed by atoms with E-state index in [1.54, 1.807) is 12.1 Å². The number of rotatable bonds is 4. The molecule has 0 radical (unpaired) electrons. The second-order valence-corrected chi connectivity index (χ2v) is 5.11. The average Bonchev–Trinajstić information content (AvgIpc) is 2.49. The summed E-state index contributed by atoms with van der Waals surface area (Å²) in [4.78, 5) is 2.09. The lowest BCUT2D eigenvalue weighted by atomic mass is 10.1. The maximum absolute atomic E-state index is 8.97. The summed E-state index contributed by atoms with van der Waals surface area (Å²) in [6, 6.07) is 13.4. The third-order valence-electron chi connectivity index (χ3n) is 3.36.